The van der Waals surface area contributed by atoms with Gasteiger partial charge in [-0.2, -0.15) is 10.2 Å². The highest BCUT2D eigenvalue weighted by Crippen LogP contribution is 2.19. The molecule has 0 aliphatic heterocycles. The van der Waals surface area contributed by atoms with E-state index < -0.39 is 0 Å². The van der Waals surface area contributed by atoms with E-state index in [0.717, 1.165) is 16.6 Å². The van der Waals surface area contributed by atoms with Crippen molar-refractivity contribution in [2.75, 3.05) is 11.9 Å². The zero-order chi connectivity index (χ0) is 13.8. The average Bonchev–Trinajstić information content (AvgIpc) is 2.49. The number of halogens is 1. The molecule has 1 heterocycles. The minimum atomic E-state index is -0.160. The number of hydrogen-bond donors (Lipinski definition) is 1. The van der Waals surface area contributed by atoms with Crippen LogP contribution in [0.2, 0.25) is 0 Å². The first-order valence-corrected chi connectivity index (χ1v) is 6.52. The highest BCUT2D eigenvalue weighted by atomic mass is 19.1. The first-order valence-electron chi connectivity index (χ1n) is 6.52. The maximum absolute atomic E-state index is 13.5. The van der Waals surface area contributed by atoms with Crippen LogP contribution in [0.25, 0.3) is 10.9 Å². The van der Waals surface area contributed by atoms with Crippen LogP contribution in [-0.4, -0.2) is 16.7 Å². The molecule has 0 spiro atoms. The van der Waals surface area contributed by atoms with Crippen LogP contribution >= 0.6 is 0 Å². The van der Waals surface area contributed by atoms with E-state index in [4.69, 9.17) is 0 Å². The molecule has 0 saturated carbocycles. The normalized spacial score (nSPS) is 10.7. The Labute approximate surface area is 116 Å². The Morgan fingerprint density at radius 2 is 1.80 bits per heavy atom. The van der Waals surface area contributed by atoms with E-state index in [9.17, 15) is 4.39 Å². The van der Waals surface area contributed by atoms with Crippen LogP contribution in [0.15, 0.2) is 54.7 Å². The molecule has 3 rings (SSSR count). The van der Waals surface area contributed by atoms with Gasteiger partial charge in [-0.05, 0) is 24.1 Å². The maximum Gasteiger partial charge on any atom is 0.126 e. The number of rotatable bonds is 4. The zero-order valence-corrected chi connectivity index (χ0v) is 10.9. The topological polar surface area (TPSA) is 37.8 Å². The van der Waals surface area contributed by atoms with Crippen LogP contribution in [0.1, 0.15) is 5.56 Å². The summed E-state index contributed by atoms with van der Waals surface area (Å²) in [7, 11) is 0. The smallest absolute Gasteiger partial charge is 0.126 e. The predicted molar refractivity (Wildman–Crippen MR) is 78.1 cm³/mol. The molecule has 3 aromatic rings. The van der Waals surface area contributed by atoms with Crippen LogP contribution < -0.4 is 5.32 Å². The Morgan fingerprint density at radius 3 is 2.70 bits per heavy atom. The van der Waals surface area contributed by atoms with Gasteiger partial charge in [-0.3, -0.25) is 0 Å². The van der Waals surface area contributed by atoms with Crippen LogP contribution in [0.4, 0.5) is 10.1 Å². The van der Waals surface area contributed by atoms with E-state index >= 15 is 0 Å². The molecule has 0 radical (unpaired) electrons. The summed E-state index contributed by atoms with van der Waals surface area (Å²) in [4.78, 5) is 0. The number of fused-ring (bicyclic) bond motifs is 1. The Morgan fingerprint density at radius 1 is 1.00 bits per heavy atom. The SMILES string of the molecule is Fc1ccccc1CCNc1cnnc2ccccc12. The molecule has 0 saturated heterocycles. The molecule has 0 fully saturated rings. The number of anilines is 1. The molecule has 4 heteroatoms. The van der Waals surface area contributed by atoms with Crippen molar-refractivity contribution in [2.24, 2.45) is 0 Å². The van der Waals surface area contributed by atoms with E-state index in [1.165, 1.54) is 6.07 Å². The summed E-state index contributed by atoms with van der Waals surface area (Å²) in [6.45, 7) is 0.649. The fraction of sp³-hybridized carbons (Fsp3) is 0.125. The van der Waals surface area contributed by atoms with Gasteiger partial charge in [0.1, 0.15) is 5.82 Å². The van der Waals surface area contributed by atoms with Gasteiger partial charge in [0.15, 0.2) is 0 Å². The Bertz CT molecular complexity index is 722. The van der Waals surface area contributed by atoms with Crippen LogP contribution in [0.5, 0.6) is 0 Å². The number of nitrogens with one attached hydrogen (secondary N) is 1. The third-order valence-electron chi connectivity index (χ3n) is 3.21. The monoisotopic (exact) mass is 267 g/mol. The summed E-state index contributed by atoms with van der Waals surface area (Å²) in [6, 6.07) is 14.7. The zero-order valence-electron chi connectivity index (χ0n) is 10.9. The van der Waals surface area contributed by atoms with E-state index in [-0.39, 0.29) is 5.82 Å². The van der Waals surface area contributed by atoms with Gasteiger partial charge in [-0.1, -0.05) is 36.4 Å². The summed E-state index contributed by atoms with van der Waals surface area (Å²) in [6.07, 6.45) is 2.33. The van der Waals surface area contributed by atoms with E-state index in [1.54, 1.807) is 18.3 Å². The first-order chi connectivity index (χ1) is 9.84. The van der Waals surface area contributed by atoms with E-state index in [0.29, 0.717) is 18.5 Å². The van der Waals surface area contributed by atoms with E-state index in [2.05, 4.69) is 15.5 Å². The lowest BCUT2D eigenvalue weighted by Crippen LogP contribution is -2.07. The van der Waals surface area contributed by atoms with Gasteiger partial charge in [0, 0.05) is 11.9 Å². The molecule has 0 aliphatic rings. The van der Waals surface area contributed by atoms with Gasteiger partial charge in [0.2, 0.25) is 0 Å². The van der Waals surface area contributed by atoms with Crippen molar-refractivity contribution in [3.05, 3.63) is 66.1 Å². The quantitative estimate of drug-likeness (QED) is 0.787. The molecular weight excluding hydrogens is 253 g/mol. The second kappa shape index (κ2) is 5.65. The summed E-state index contributed by atoms with van der Waals surface area (Å²) < 4.78 is 13.5. The van der Waals surface area contributed by atoms with Gasteiger partial charge in [-0.25, -0.2) is 4.39 Å². The molecule has 20 heavy (non-hydrogen) atoms. The highest BCUT2D eigenvalue weighted by molar-refractivity contribution is 5.90. The lowest BCUT2D eigenvalue weighted by atomic mass is 10.1. The van der Waals surface area contributed by atoms with Gasteiger partial charge in [0.25, 0.3) is 0 Å². The minimum absolute atomic E-state index is 0.160. The van der Waals surface area contributed by atoms with Crippen molar-refractivity contribution in [3.8, 4) is 0 Å². The van der Waals surface area contributed by atoms with Crippen molar-refractivity contribution >= 4 is 16.6 Å². The van der Waals surface area contributed by atoms with Crippen molar-refractivity contribution in [2.45, 2.75) is 6.42 Å². The van der Waals surface area contributed by atoms with Gasteiger partial charge >= 0.3 is 0 Å². The average molecular weight is 267 g/mol. The molecule has 1 aromatic heterocycles. The minimum Gasteiger partial charge on any atom is -0.383 e. The molecule has 0 bridgehead atoms. The van der Waals surface area contributed by atoms with Gasteiger partial charge in [0.05, 0.1) is 17.4 Å². The fourth-order valence-electron chi connectivity index (χ4n) is 2.18. The molecule has 0 unspecified atom stereocenters. The molecule has 3 nitrogen and oxygen atoms in total. The fourth-order valence-corrected chi connectivity index (χ4v) is 2.18. The summed E-state index contributed by atoms with van der Waals surface area (Å²) >= 11 is 0. The molecule has 0 amide bonds. The number of benzene rings is 2. The van der Waals surface area contributed by atoms with Crippen molar-refractivity contribution in [3.63, 3.8) is 0 Å². The first kappa shape index (κ1) is 12.5. The summed E-state index contributed by atoms with van der Waals surface area (Å²) in [5.74, 6) is -0.160. The molecule has 0 aliphatic carbocycles. The van der Waals surface area contributed by atoms with Crippen LogP contribution in [0.3, 0.4) is 0 Å². The standard InChI is InChI=1S/C16H14FN3/c17-14-7-3-1-5-12(14)9-10-18-16-11-19-20-15-8-4-2-6-13(15)16/h1-8,11H,9-10H2,(H,18,20). The summed E-state index contributed by atoms with van der Waals surface area (Å²) in [5, 5.41) is 12.4. The second-order valence-corrected chi connectivity index (χ2v) is 4.54. The predicted octanol–water partition coefficient (Wildman–Crippen LogP) is 3.42. The lowest BCUT2D eigenvalue weighted by molar-refractivity contribution is 0.610. The van der Waals surface area contributed by atoms with Crippen LogP contribution in [-0.2, 0) is 6.42 Å². The highest BCUT2D eigenvalue weighted by Gasteiger charge is 2.03. The number of hydrogen-bond acceptors (Lipinski definition) is 3. The molecular formula is C16H14FN3. The molecule has 1 N–H and O–H groups in total. The van der Waals surface area contributed by atoms with Gasteiger partial charge < -0.3 is 5.32 Å². The number of nitrogens with zero attached hydrogens (tertiary/aromatic N) is 2. The molecule has 100 valence electrons. The van der Waals surface area contributed by atoms with Crippen molar-refractivity contribution in [1.82, 2.24) is 10.2 Å². The van der Waals surface area contributed by atoms with Crippen molar-refractivity contribution < 1.29 is 4.39 Å². The van der Waals surface area contributed by atoms with Crippen LogP contribution in [0, 0.1) is 5.82 Å². The van der Waals surface area contributed by atoms with Crippen molar-refractivity contribution in [1.29, 1.82) is 0 Å². The Kier molecular flexibility index (Phi) is 3.54. The largest absolute Gasteiger partial charge is 0.383 e. The third-order valence-corrected chi connectivity index (χ3v) is 3.21. The third kappa shape index (κ3) is 2.59. The molecule has 2 aromatic carbocycles. The molecule has 0 atom stereocenters. The second-order valence-electron chi connectivity index (χ2n) is 4.54. The number of aromatic nitrogens is 2. The van der Waals surface area contributed by atoms with E-state index in [1.807, 2.05) is 30.3 Å². The Balaban J connectivity index is 1.73. The van der Waals surface area contributed by atoms with Gasteiger partial charge in [-0.15, -0.1) is 0 Å². The lowest BCUT2D eigenvalue weighted by Gasteiger charge is -2.09. The summed E-state index contributed by atoms with van der Waals surface area (Å²) in [5.41, 5.74) is 2.49. The maximum atomic E-state index is 13.5. The Hall–Kier alpha value is -2.49.